The summed E-state index contributed by atoms with van der Waals surface area (Å²) in [5, 5.41) is 17.6. The fourth-order valence-corrected chi connectivity index (χ4v) is 5.45. The van der Waals surface area contributed by atoms with E-state index in [0.717, 1.165) is 27.7 Å². The lowest BCUT2D eigenvalue weighted by Gasteiger charge is -2.20. The summed E-state index contributed by atoms with van der Waals surface area (Å²) in [7, 11) is 0. The van der Waals surface area contributed by atoms with Crippen LogP contribution in [-0.2, 0) is 4.79 Å². The summed E-state index contributed by atoms with van der Waals surface area (Å²) in [5.74, 6) is 1.64. The van der Waals surface area contributed by atoms with E-state index >= 15 is 0 Å². The minimum Gasteiger partial charge on any atom is -0.490 e. The largest absolute Gasteiger partial charge is 0.490 e. The zero-order valence-corrected chi connectivity index (χ0v) is 22.1. The van der Waals surface area contributed by atoms with Crippen LogP contribution in [0.15, 0.2) is 81.7 Å². The molecule has 5 rings (SSSR count). The first-order chi connectivity index (χ1) is 18.0. The van der Waals surface area contributed by atoms with Crippen LogP contribution >= 0.6 is 23.1 Å². The highest BCUT2D eigenvalue weighted by Gasteiger charge is 2.36. The number of nitrogens with zero attached hydrogens (tertiary/aromatic N) is 3. The molecule has 0 unspecified atom stereocenters. The molecule has 0 radical (unpaired) electrons. The zero-order chi connectivity index (χ0) is 25.8. The summed E-state index contributed by atoms with van der Waals surface area (Å²) in [4.78, 5) is 17.8. The lowest BCUT2D eigenvalue weighted by atomic mass is 9.99. The van der Waals surface area contributed by atoms with Gasteiger partial charge in [0.25, 0.3) is 5.91 Å². The van der Waals surface area contributed by atoms with Crippen molar-refractivity contribution in [3.05, 3.63) is 87.6 Å². The first kappa shape index (κ1) is 25.0. The van der Waals surface area contributed by atoms with E-state index in [1.807, 2.05) is 53.9 Å². The number of rotatable bonds is 9. The number of carbonyl (C=O) groups excluding carboxylic acids is 1. The molecule has 0 spiro atoms. The molecule has 1 N–H and O–H groups in total. The Morgan fingerprint density at radius 2 is 1.70 bits per heavy atom. The standard InChI is InChI=1S/C28H26N4O3S2/c1-3-18(2)20-8-12-22(13-9-20)35-15-14-34-21-10-6-19(7-11-21)17-23-25(29)32-28(30-26(23)33)37-27(31-32)24-5-4-16-36-24/h4-13,16-18,29H,3,14-15H2,1-2H3/b23-17-,29-25?/t18-/m1/s1. The Kier molecular flexibility index (Phi) is 7.52. The third-order valence-corrected chi connectivity index (χ3v) is 8.01. The van der Waals surface area contributed by atoms with Crippen molar-refractivity contribution in [2.24, 2.45) is 10.1 Å². The second-order valence-corrected chi connectivity index (χ2v) is 10.5. The molecule has 0 bridgehead atoms. The van der Waals surface area contributed by atoms with Gasteiger partial charge in [0, 0.05) is 0 Å². The lowest BCUT2D eigenvalue weighted by Crippen LogP contribution is -2.35. The van der Waals surface area contributed by atoms with Gasteiger partial charge in [-0.2, -0.15) is 15.1 Å². The molecule has 1 amide bonds. The number of amidine groups is 2. The number of ether oxygens (including phenoxy) is 2. The molecule has 0 fully saturated rings. The molecule has 1 aromatic heterocycles. The van der Waals surface area contributed by atoms with Gasteiger partial charge in [0.05, 0.1) is 10.5 Å². The van der Waals surface area contributed by atoms with Crippen LogP contribution in [0.5, 0.6) is 11.5 Å². The van der Waals surface area contributed by atoms with Crippen molar-refractivity contribution in [3.63, 3.8) is 0 Å². The molecule has 0 saturated heterocycles. The summed E-state index contributed by atoms with van der Waals surface area (Å²) in [6, 6.07) is 19.5. The highest BCUT2D eigenvalue weighted by atomic mass is 32.2. The average molecular weight is 531 g/mol. The fourth-order valence-electron chi connectivity index (χ4n) is 3.77. The predicted molar refractivity (Wildman–Crippen MR) is 151 cm³/mol. The Morgan fingerprint density at radius 3 is 2.32 bits per heavy atom. The average Bonchev–Trinajstić information content (AvgIpc) is 3.60. The number of thiophene rings is 1. The van der Waals surface area contributed by atoms with Crippen molar-refractivity contribution >= 4 is 51.1 Å². The van der Waals surface area contributed by atoms with Crippen LogP contribution in [-0.4, -0.2) is 40.2 Å². The minimum absolute atomic E-state index is 0.0173. The molecule has 188 valence electrons. The summed E-state index contributed by atoms with van der Waals surface area (Å²) in [5.41, 5.74) is 2.28. The number of fused-ring (bicyclic) bond motifs is 1. The Hall–Kier alpha value is -3.69. The van der Waals surface area contributed by atoms with Gasteiger partial charge in [-0.1, -0.05) is 44.2 Å². The number of hydrogen-bond acceptors (Lipinski definition) is 7. The van der Waals surface area contributed by atoms with E-state index in [1.165, 1.54) is 22.3 Å². The zero-order valence-electron chi connectivity index (χ0n) is 20.5. The fraction of sp³-hybridized carbons (Fsp3) is 0.214. The SMILES string of the molecule is CC[C@@H](C)c1ccc(OCCOc2ccc(/C=C3/C(=N)N4N=C(c5cccs5)SC4=NC3=O)cc2)cc1. The molecule has 37 heavy (non-hydrogen) atoms. The number of aliphatic imine (C=N–C) groups is 1. The highest BCUT2D eigenvalue weighted by molar-refractivity contribution is 8.27. The molecule has 3 aromatic rings. The summed E-state index contributed by atoms with van der Waals surface area (Å²) >= 11 is 2.86. The van der Waals surface area contributed by atoms with Gasteiger partial charge in [0.2, 0.25) is 5.17 Å². The molecule has 1 atom stereocenters. The number of thioether (sulfide) groups is 1. The van der Waals surface area contributed by atoms with E-state index in [9.17, 15) is 4.79 Å². The lowest BCUT2D eigenvalue weighted by molar-refractivity contribution is -0.114. The molecule has 2 aliphatic heterocycles. The maximum Gasteiger partial charge on any atom is 0.283 e. The van der Waals surface area contributed by atoms with E-state index in [-0.39, 0.29) is 11.4 Å². The number of hydrogen-bond donors (Lipinski definition) is 1. The van der Waals surface area contributed by atoms with E-state index in [0.29, 0.717) is 30.0 Å². The van der Waals surface area contributed by atoms with Gasteiger partial charge >= 0.3 is 0 Å². The van der Waals surface area contributed by atoms with Crippen LogP contribution in [0.2, 0.25) is 0 Å². The number of nitrogens with one attached hydrogen (secondary N) is 1. The molecule has 9 heteroatoms. The van der Waals surface area contributed by atoms with Gasteiger partial charge in [-0.05, 0) is 77.0 Å². The molecular formula is C28H26N4O3S2. The minimum atomic E-state index is -0.443. The maximum atomic E-state index is 12.6. The van der Waals surface area contributed by atoms with E-state index in [4.69, 9.17) is 14.9 Å². The molecule has 2 aliphatic rings. The quantitative estimate of drug-likeness (QED) is 0.256. The molecule has 0 saturated carbocycles. The Bertz CT molecular complexity index is 1380. The van der Waals surface area contributed by atoms with Crippen LogP contribution in [0.25, 0.3) is 6.08 Å². The Balaban J connectivity index is 1.16. The summed E-state index contributed by atoms with van der Waals surface area (Å²) in [6.45, 7) is 5.24. The van der Waals surface area contributed by atoms with Crippen molar-refractivity contribution in [3.8, 4) is 11.5 Å². The second-order valence-electron chi connectivity index (χ2n) is 8.55. The highest BCUT2D eigenvalue weighted by Crippen LogP contribution is 2.32. The molecular weight excluding hydrogens is 504 g/mol. The third kappa shape index (κ3) is 5.68. The number of amides is 1. The topological polar surface area (TPSA) is 87.3 Å². The monoisotopic (exact) mass is 530 g/mol. The summed E-state index contributed by atoms with van der Waals surface area (Å²) in [6.07, 6.45) is 2.77. The maximum absolute atomic E-state index is 12.6. The van der Waals surface area contributed by atoms with Crippen LogP contribution in [0.4, 0.5) is 0 Å². The van der Waals surface area contributed by atoms with Gasteiger partial charge in [-0.15, -0.1) is 11.3 Å². The second kappa shape index (κ2) is 11.1. The van der Waals surface area contributed by atoms with Crippen LogP contribution in [0.1, 0.15) is 42.2 Å². The van der Waals surface area contributed by atoms with E-state index in [1.54, 1.807) is 17.4 Å². The number of benzene rings is 2. The first-order valence-corrected chi connectivity index (χ1v) is 13.7. The molecule has 2 aromatic carbocycles. The van der Waals surface area contributed by atoms with Crippen molar-refractivity contribution in [1.82, 2.24) is 5.01 Å². The third-order valence-electron chi connectivity index (χ3n) is 6.06. The van der Waals surface area contributed by atoms with Crippen molar-refractivity contribution in [1.29, 1.82) is 5.41 Å². The summed E-state index contributed by atoms with van der Waals surface area (Å²) < 4.78 is 11.6. The van der Waals surface area contributed by atoms with Gasteiger partial charge < -0.3 is 9.47 Å². The Labute approximate surface area is 224 Å². The van der Waals surface area contributed by atoms with Gasteiger partial charge in [0.15, 0.2) is 5.84 Å². The van der Waals surface area contributed by atoms with Crippen LogP contribution < -0.4 is 9.47 Å². The normalized spacial score (nSPS) is 16.9. The number of carbonyl (C=O) groups is 1. The van der Waals surface area contributed by atoms with Crippen LogP contribution in [0, 0.1) is 5.41 Å². The van der Waals surface area contributed by atoms with Crippen molar-refractivity contribution < 1.29 is 14.3 Å². The van der Waals surface area contributed by atoms with Gasteiger partial charge in [-0.25, -0.2) is 0 Å². The Morgan fingerprint density at radius 1 is 1.03 bits per heavy atom. The number of hydrazone groups is 1. The molecule has 3 heterocycles. The molecule has 0 aliphatic carbocycles. The first-order valence-electron chi connectivity index (χ1n) is 12.0. The van der Waals surface area contributed by atoms with Crippen molar-refractivity contribution in [2.75, 3.05) is 13.2 Å². The van der Waals surface area contributed by atoms with Gasteiger partial charge in [-0.3, -0.25) is 10.2 Å². The van der Waals surface area contributed by atoms with E-state index in [2.05, 4.69) is 36.1 Å². The van der Waals surface area contributed by atoms with E-state index < -0.39 is 5.91 Å². The van der Waals surface area contributed by atoms with Crippen LogP contribution in [0.3, 0.4) is 0 Å². The smallest absolute Gasteiger partial charge is 0.283 e. The van der Waals surface area contributed by atoms with Crippen molar-refractivity contribution in [2.45, 2.75) is 26.2 Å². The van der Waals surface area contributed by atoms with Gasteiger partial charge in [0.1, 0.15) is 29.8 Å². The predicted octanol–water partition coefficient (Wildman–Crippen LogP) is 6.39. The molecule has 7 nitrogen and oxygen atoms in total.